The van der Waals surface area contributed by atoms with Crippen LogP contribution in [0.2, 0.25) is 0 Å². The molecule has 0 radical (unpaired) electrons. The van der Waals surface area contributed by atoms with Crippen LogP contribution in [0.4, 0.5) is 13.9 Å². The van der Waals surface area contributed by atoms with Gasteiger partial charge in [-0.15, -0.1) is 0 Å². The van der Waals surface area contributed by atoms with Crippen LogP contribution in [0.3, 0.4) is 0 Å². The highest BCUT2D eigenvalue weighted by molar-refractivity contribution is 7.09. The second-order valence-electron chi connectivity index (χ2n) is 5.71. The Morgan fingerprint density at radius 2 is 1.96 bits per heavy atom. The van der Waals surface area contributed by atoms with E-state index in [1.54, 1.807) is 6.07 Å². The van der Waals surface area contributed by atoms with E-state index < -0.39 is 11.6 Å². The van der Waals surface area contributed by atoms with Crippen LogP contribution in [-0.4, -0.2) is 40.4 Å². The second-order valence-corrected chi connectivity index (χ2v) is 6.44. The number of anilines is 1. The molecule has 0 saturated carbocycles. The Bertz CT molecular complexity index is 668. The molecule has 0 amide bonds. The molecule has 23 heavy (non-hydrogen) atoms. The summed E-state index contributed by atoms with van der Waals surface area (Å²) < 4.78 is 31.3. The van der Waals surface area contributed by atoms with Crippen molar-refractivity contribution in [1.29, 1.82) is 0 Å². The fourth-order valence-corrected chi connectivity index (χ4v) is 3.66. The molecule has 1 aliphatic heterocycles. The first-order valence-corrected chi connectivity index (χ1v) is 8.62. The molecule has 124 valence electrons. The molecule has 1 aromatic carbocycles. The van der Waals surface area contributed by atoms with Crippen molar-refractivity contribution in [3.05, 3.63) is 41.2 Å². The van der Waals surface area contributed by atoms with Gasteiger partial charge >= 0.3 is 0 Å². The molecule has 1 saturated heterocycles. The monoisotopic (exact) mass is 338 g/mol. The van der Waals surface area contributed by atoms with Crippen LogP contribution >= 0.6 is 11.5 Å². The predicted octanol–water partition coefficient (Wildman–Crippen LogP) is 3.26. The minimum absolute atomic E-state index is 0.0710. The van der Waals surface area contributed by atoms with Gasteiger partial charge in [-0.25, -0.2) is 13.8 Å². The van der Waals surface area contributed by atoms with Crippen LogP contribution in [0.25, 0.3) is 0 Å². The molecule has 0 bridgehead atoms. The van der Waals surface area contributed by atoms with Crippen molar-refractivity contribution in [3.8, 4) is 0 Å². The first-order chi connectivity index (χ1) is 11.1. The Morgan fingerprint density at radius 1 is 1.22 bits per heavy atom. The van der Waals surface area contributed by atoms with E-state index in [4.69, 9.17) is 0 Å². The molecular weight excluding hydrogens is 318 g/mol. The van der Waals surface area contributed by atoms with Gasteiger partial charge in [0.15, 0.2) is 0 Å². The Morgan fingerprint density at radius 3 is 2.57 bits per heavy atom. The maximum absolute atomic E-state index is 13.9. The molecule has 1 aliphatic rings. The van der Waals surface area contributed by atoms with Gasteiger partial charge in [0.25, 0.3) is 0 Å². The lowest BCUT2D eigenvalue weighted by molar-refractivity contribution is 0.195. The lowest BCUT2D eigenvalue weighted by atomic mass is 10.1. The third kappa shape index (κ3) is 3.50. The van der Waals surface area contributed by atoms with Gasteiger partial charge in [-0.2, -0.15) is 4.37 Å². The first-order valence-electron chi connectivity index (χ1n) is 7.85. The molecule has 4 nitrogen and oxygen atoms in total. The maximum atomic E-state index is 13.9. The average molecular weight is 338 g/mol. The lowest BCUT2D eigenvalue weighted by Gasteiger charge is -2.38. The van der Waals surface area contributed by atoms with E-state index in [1.807, 2.05) is 13.8 Å². The molecule has 0 N–H and O–H groups in total. The Balaban J connectivity index is 1.64. The number of hydrogen-bond acceptors (Lipinski definition) is 5. The van der Waals surface area contributed by atoms with Crippen LogP contribution in [0.1, 0.15) is 31.3 Å². The summed E-state index contributed by atoms with van der Waals surface area (Å²) in [6.45, 7) is 7.32. The van der Waals surface area contributed by atoms with Crippen molar-refractivity contribution in [2.24, 2.45) is 0 Å². The number of piperazine rings is 1. The smallest absolute Gasteiger partial charge is 0.205 e. The second kappa shape index (κ2) is 6.88. The predicted molar refractivity (Wildman–Crippen MR) is 87.8 cm³/mol. The molecule has 2 heterocycles. The van der Waals surface area contributed by atoms with Gasteiger partial charge in [0.2, 0.25) is 5.13 Å². The van der Waals surface area contributed by atoms with Gasteiger partial charge < -0.3 is 4.90 Å². The molecule has 0 aliphatic carbocycles. The van der Waals surface area contributed by atoms with Crippen molar-refractivity contribution in [1.82, 2.24) is 14.3 Å². The number of nitrogens with zero attached hydrogens (tertiary/aromatic N) is 4. The fourth-order valence-electron chi connectivity index (χ4n) is 2.85. The average Bonchev–Trinajstić information content (AvgIpc) is 3.03. The summed E-state index contributed by atoms with van der Waals surface area (Å²) in [6.07, 6.45) is 0.845. The van der Waals surface area contributed by atoms with Gasteiger partial charge in [0.05, 0.1) is 0 Å². The SMILES string of the molecule is CCc1nsc(N2CCN(C(C)c3ccc(F)cc3F)CC2)n1. The van der Waals surface area contributed by atoms with Crippen molar-refractivity contribution >= 4 is 16.7 Å². The maximum Gasteiger partial charge on any atom is 0.205 e. The van der Waals surface area contributed by atoms with E-state index in [1.165, 1.54) is 17.6 Å². The summed E-state index contributed by atoms with van der Waals surface area (Å²) in [5, 5.41) is 0.960. The van der Waals surface area contributed by atoms with Crippen molar-refractivity contribution in [2.75, 3.05) is 31.1 Å². The number of rotatable bonds is 4. The van der Waals surface area contributed by atoms with E-state index in [9.17, 15) is 8.78 Å². The Hall–Kier alpha value is -1.60. The summed E-state index contributed by atoms with van der Waals surface area (Å²) in [7, 11) is 0. The van der Waals surface area contributed by atoms with Crippen LogP contribution in [0.5, 0.6) is 0 Å². The quantitative estimate of drug-likeness (QED) is 0.856. The normalized spacial score (nSPS) is 17.5. The van der Waals surface area contributed by atoms with E-state index >= 15 is 0 Å². The third-order valence-electron chi connectivity index (χ3n) is 4.32. The third-order valence-corrected chi connectivity index (χ3v) is 5.13. The summed E-state index contributed by atoms with van der Waals surface area (Å²) >= 11 is 1.44. The molecule has 1 unspecified atom stereocenters. The van der Waals surface area contributed by atoms with Gasteiger partial charge in [0, 0.05) is 61.8 Å². The minimum Gasteiger partial charge on any atom is -0.344 e. The minimum atomic E-state index is -0.536. The van der Waals surface area contributed by atoms with Crippen molar-refractivity contribution < 1.29 is 8.78 Å². The molecule has 1 atom stereocenters. The molecule has 2 aromatic rings. The van der Waals surface area contributed by atoms with Gasteiger partial charge in [-0.1, -0.05) is 13.0 Å². The van der Waals surface area contributed by atoms with Crippen LogP contribution in [0, 0.1) is 11.6 Å². The van der Waals surface area contributed by atoms with E-state index in [0.29, 0.717) is 5.56 Å². The molecular formula is C16H20F2N4S. The summed E-state index contributed by atoms with van der Waals surface area (Å²) in [4.78, 5) is 8.96. The number of aromatic nitrogens is 2. The van der Waals surface area contributed by atoms with Gasteiger partial charge in [0.1, 0.15) is 17.5 Å². The summed E-state index contributed by atoms with van der Waals surface area (Å²) in [6, 6.07) is 3.74. The molecule has 3 rings (SSSR count). The number of aryl methyl sites for hydroxylation is 1. The molecule has 0 spiro atoms. The van der Waals surface area contributed by atoms with Gasteiger partial charge in [-0.05, 0) is 13.0 Å². The number of hydrogen-bond donors (Lipinski definition) is 0. The van der Waals surface area contributed by atoms with Crippen molar-refractivity contribution in [3.63, 3.8) is 0 Å². The zero-order valence-corrected chi connectivity index (χ0v) is 14.1. The van der Waals surface area contributed by atoms with E-state index in [0.717, 1.165) is 49.6 Å². The highest BCUT2D eigenvalue weighted by Gasteiger charge is 2.25. The van der Waals surface area contributed by atoms with E-state index in [-0.39, 0.29) is 6.04 Å². The number of halogens is 2. The zero-order valence-electron chi connectivity index (χ0n) is 13.3. The lowest BCUT2D eigenvalue weighted by Crippen LogP contribution is -2.47. The first kappa shape index (κ1) is 16.3. The van der Waals surface area contributed by atoms with Gasteiger partial charge in [-0.3, -0.25) is 4.90 Å². The summed E-state index contributed by atoms with van der Waals surface area (Å²) in [5.41, 5.74) is 0.545. The van der Waals surface area contributed by atoms with E-state index in [2.05, 4.69) is 19.2 Å². The Kier molecular flexibility index (Phi) is 4.87. The highest BCUT2D eigenvalue weighted by atomic mass is 32.1. The standard InChI is InChI=1S/C16H20F2N4S/c1-3-15-19-16(23-20-15)22-8-6-21(7-9-22)11(2)13-5-4-12(17)10-14(13)18/h4-5,10-11H,3,6-9H2,1-2H3. The van der Waals surface area contributed by atoms with Crippen molar-refractivity contribution in [2.45, 2.75) is 26.3 Å². The van der Waals surface area contributed by atoms with Crippen LogP contribution < -0.4 is 4.90 Å². The highest BCUT2D eigenvalue weighted by Crippen LogP contribution is 2.26. The largest absolute Gasteiger partial charge is 0.344 e. The fraction of sp³-hybridized carbons (Fsp3) is 0.500. The topological polar surface area (TPSA) is 32.3 Å². The summed E-state index contributed by atoms with van der Waals surface area (Å²) in [5.74, 6) is -0.128. The Labute approximate surface area is 138 Å². The molecule has 7 heteroatoms. The molecule has 1 fully saturated rings. The van der Waals surface area contributed by atoms with Crippen LogP contribution in [-0.2, 0) is 6.42 Å². The number of benzene rings is 1. The zero-order chi connectivity index (χ0) is 16.4. The van der Waals surface area contributed by atoms with Crippen LogP contribution in [0.15, 0.2) is 18.2 Å². The molecule has 1 aromatic heterocycles.